The quantitative estimate of drug-likeness (QED) is 0.588. The topological polar surface area (TPSA) is 75.7 Å². The van der Waals surface area contributed by atoms with Gasteiger partial charge in [-0.3, -0.25) is 4.79 Å². The monoisotopic (exact) mass is 320 g/mol. The highest BCUT2D eigenvalue weighted by molar-refractivity contribution is 5.98. The minimum Gasteiger partial charge on any atom is -0.481 e. The van der Waals surface area contributed by atoms with Crippen LogP contribution in [0.2, 0.25) is 0 Å². The largest absolute Gasteiger partial charge is 0.481 e. The number of aryl methyl sites for hydroxylation is 1. The molecule has 0 aliphatic carbocycles. The van der Waals surface area contributed by atoms with Crippen molar-refractivity contribution in [2.24, 2.45) is 16.6 Å². The number of amidine groups is 1. The van der Waals surface area contributed by atoms with Crippen LogP contribution in [0.1, 0.15) is 51.2 Å². The van der Waals surface area contributed by atoms with Crippen molar-refractivity contribution >= 4 is 11.8 Å². The number of halogens is 1. The van der Waals surface area contributed by atoms with Crippen LogP contribution in [0.25, 0.3) is 0 Å². The van der Waals surface area contributed by atoms with Crippen LogP contribution in [-0.2, 0) is 4.79 Å². The Morgan fingerprint density at radius 3 is 2.52 bits per heavy atom. The summed E-state index contributed by atoms with van der Waals surface area (Å²) in [5.41, 5.74) is 8.70. The third-order valence-corrected chi connectivity index (χ3v) is 3.93. The van der Waals surface area contributed by atoms with Gasteiger partial charge in [0.15, 0.2) is 0 Å². The number of carboxylic acids is 1. The average Bonchev–Trinajstić information content (AvgIpc) is 2.51. The number of carbonyl (C=O) groups is 1. The molecule has 0 aromatic heterocycles. The van der Waals surface area contributed by atoms with E-state index in [-0.39, 0.29) is 24.0 Å². The normalized spacial score (nSPS) is 14.4. The number of nitrogens with zero attached hydrogens (tertiary/aromatic N) is 1. The first-order valence-electron chi connectivity index (χ1n) is 7.84. The summed E-state index contributed by atoms with van der Waals surface area (Å²) in [5.74, 6) is -0.794. The molecule has 23 heavy (non-hydrogen) atoms. The van der Waals surface area contributed by atoms with Crippen molar-refractivity contribution in [3.63, 3.8) is 0 Å². The van der Waals surface area contributed by atoms with E-state index in [1.165, 1.54) is 6.07 Å². The highest BCUT2D eigenvalue weighted by atomic mass is 19.1. The maximum atomic E-state index is 13.4. The van der Waals surface area contributed by atoms with E-state index in [2.05, 4.69) is 4.99 Å². The van der Waals surface area contributed by atoms with Gasteiger partial charge in [0.25, 0.3) is 0 Å². The number of aliphatic carboxylic acids is 1. The Morgan fingerprint density at radius 1 is 1.39 bits per heavy atom. The van der Waals surface area contributed by atoms with E-state index in [4.69, 9.17) is 10.8 Å². The molecular formula is C18H25FN2O2. The SMILES string of the molecule is CC/C(CC(=O)O)=C(\N=C(N)c1ccc(F)c(C)c1)C(C)CC. The van der Waals surface area contributed by atoms with Gasteiger partial charge in [-0.05, 0) is 55.0 Å². The van der Waals surface area contributed by atoms with Crippen LogP contribution in [0, 0.1) is 18.7 Å². The Morgan fingerprint density at radius 2 is 2.04 bits per heavy atom. The van der Waals surface area contributed by atoms with Crippen LogP contribution < -0.4 is 5.73 Å². The predicted molar refractivity (Wildman–Crippen MR) is 90.9 cm³/mol. The van der Waals surface area contributed by atoms with Crippen LogP contribution in [0.15, 0.2) is 34.5 Å². The molecule has 0 saturated carbocycles. The van der Waals surface area contributed by atoms with E-state index in [0.29, 0.717) is 17.5 Å². The number of carboxylic acid groups (broad SMARTS) is 1. The number of allylic oxidation sites excluding steroid dienone is 1. The lowest BCUT2D eigenvalue weighted by Crippen LogP contribution is -2.16. The van der Waals surface area contributed by atoms with Crippen molar-refractivity contribution in [3.8, 4) is 0 Å². The second-order valence-corrected chi connectivity index (χ2v) is 5.68. The highest BCUT2D eigenvalue weighted by Gasteiger charge is 2.15. The molecule has 0 aliphatic rings. The van der Waals surface area contributed by atoms with Crippen LogP contribution in [-0.4, -0.2) is 16.9 Å². The van der Waals surface area contributed by atoms with Crippen molar-refractivity contribution in [1.82, 2.24) is 0 Å². The lowest BCUT2D eigenvalue weighted by atomic mass is 9.96. The van der Waals surface area contributed by atoms with Crippen molar-refractivity contribution < 1.29 is 14.3 Å². The molecule has 0 fully saturated rings. The Hall–Kier alpha value is -2.17. The highest BCUT2D eigenvalue weighted by Crippen LogP contribution is 2.25. The summed E-state index contributed by atoms with van der Waals surface area (Å²) >= 11 is 0. The van der Waals surface area contributed by atoms with Crippen molar-refractivity contribution in [2.45, 2.75) is 47.0 Å². The van der Waals surface area contributed by atoms with E-state index < -0.39 is 5.97 Å². The molecule has 126 valence electrons. The van der Waals surface area contributed by atoms with Gasteiger partial charge in [0.1, 0.15) is 11.7 Å². The Labute approximate surface area is 136 Å². The fourth-order valence-electron chi connectivity index (χ4n) is 2.31. The lowest BCUT2D eigenvalue weighted by molar-refractivity contribution is -0.136. The fraction of sp³-hybridized carbons (Fsp3) is 0.444. The summed E-state index contributed by atoms with van der Waals surface area (Å²) in [4.78, 5) is 15.6. The lowest BCUT2D eigenvalue weighted by Gasteiger charge is -2.16. The molecule has 0 spiro atoms. The third-order valence-electron chi connectivity index (χ3n) is 3.93. The molecule has 0 bridgehead atoms. The van der Waals surface area contributed by atoms with E-state index in [9.17, 15) is 9.18 Å². The summed E-state index contributed by atoms with van der Waals surface area (Å²) in [6.07, 6.45) is 1.39. The van der Waals surface area contributed by atoms with Gasteiger partial charge in [-0.25, -0.2) is 9.38 Å². The minimum atomic E-state index is -0.881. The van der Waals surface area contributed by atoms with Gasteiger partial charge in [0.05, 0.1) is 6.42 Å². The predicted octanol–water partition coefficient (Wildman–Crippen LogP) is 4.02. The molecule has 0 heterocycles. The molecule has 4 nitrogen and oxygen atoms in total. The molecule has 1 aromatic carbocycles. The first kappa shape index (κ1) is 18.9. The Balaban J connectivity index is 3.34. The zero-order chi connectivity index (χ0) is 17.6. The number of rotatable bonds is 7. The van der Waals surface area contributed by atoms with Gasteiger partial charge < -0.3 is 10.8 Å². The van der Waals surface area contributed by atoms with E-state index in [1.54, 1.807) is 19.1 Å². The van der Waals surface area contributed by atoms with Crippen molar-refractivity contribution in [3.05, 3.63) is 46.4 Å². The maximum absolute atomic E-state index is 13.4. The van der Waals surface area contributed by atoms with Crippen LogP contribution in [0.4, 0.5) is 4.39 Å². The van der Waals surface area contributed by atoms with E-state index in [1.807, 2.05) is 20.8 Å². The molecular weight excluding hydrogens is 295 g/mol. The van der Waals surface area contributed by atoms with Gasteiger partial charge in [0, 0.05) is 11.3 Å². The van der Waals surface area contributed by atoms with E-state index >= 15 is 0 Å². The molecule has 0 radical (unpaired) electrons. The molecule has 1 rings (SSSR count). The molecule has 0 saturated heterocycles. The van der Waals surface area contributed by atoms with Gasteiger partial charge in [-0.1, -0.05) is 20.8 Å². The molecule has 3 N–H and O–H groups in total. The third kappa shape index (κ3) is 5.20. The molecule has 1 atom stereocenters. The molecule has 0 aliphatic heterocycles. The average molecular weight is 320 g/mol. The number of hydrogen-bond acceptors (Lipinski definition) is 2. The zero-order valence-electron chi connectivity index (χ0n) is 14.2. The molecule has 0 amide bonds. The summed E-state index contributed by atoms with van der Waals surface area (Å²) in [6, 6.07) is 4.58. The first-order chi connectivity index (χ1) is 10.8. The van der Waals surface area contributed by atoms with Crippen LogP contribution in [0.5, 0.6) is 0 Å². The van der Waals surface area contributed by atoms with Gasteiger partial charge >= 0.3 is 5.97 Å². The second kappa shape index (κ2) is 8.46. The molecule has 1 unspecified atom stereocenters. The van der Waals surface area contributed by atoms with Gasteiger partial charge in [-0.2, -0.15) is 0 Å². The second-order valence-electron chi connectivity index (χ2n) is 5.68. The van der Waals surface area contributed by atoms with Gasteiger partial charge in [0.2, 0.25) is 0 Å². The fourth-order valence-corrected chi connectivity index (χ4v) is 2.31. The summed E-state index contributed by atoms with van der Waals surface area (Å²) in [5, 5.41) is 9.08. The first-order valence-corrected chi connectivity index (χ1v) is 7.84. The summed E-state index contributed by atoms with van der Waals surface area (Å²) < 4.78 is 13.4. The minimum absolute atomic E-state index is 0.0462. The Kier molecular flexibility index (Phi) is 6.94. The number of aliphatic imine (C=N–C) groups is 1. The smallest absolute Gasteiger partial charge is 0.307 e. The number of hydrogen-bond donors (Lipinski definition) is 2. The summed E-state index contributed by atoms with van der Waals surface area (Å²) in [7, 11) is 0. The summed E-state index contributed by atoms with van der Waals surface area (Å²) in [6.45, 7) is 7.60. The standard InChI is InChI=1S/C18H25FN2O2/c1-5-11(3)17(13(6-2)10-16(22)23)21-18(20)14-7-8-15(19)12(4)9-14/h7-9,11H,5-6,10H2,1-4H3,(H2,20,21)(H,22,23)/b17-13+. The maximum Gasteiger partial charge on any atom is 0.307 e. The molecule has 1 aromatic rings. The Bertz CT molecular complexity index is 636. The van der Waals surface area contributed by atoms with Crippen LogP contribution in [0.3, 0.4) is 0 Å². The van der Waals surface area contributed by atoms with Crippen LogP contribution >= 0.6 is 0 Å². The van der Waals surface area contributed by atoms with Gasteiger partial charge in [-0.15, -0.1) is 0 Å². The molecule has 5 heteroatoms. The number of benzene rings is 1. The number of nitrogens with two attached hydrogens (primary N) is 1. The van der Waals surface area contributed by atoms with Crippen molar-refractivity contribution in [2.75, 3.05) is 0 Å². The zero-order valence-corrected chi connectivity index (χ0v) is 14.2. The van der Waals surface area contributed by atoms with E-state index in [0.717, 1.165) is 17.7 Å². The van der Waals surface area contributed by atoms with Crippen molar-refractivity contribution in [1.29, 1.82) is 0 Å².